The lowest BCUT2D eigenvalue weighted by Crippen LogP contribution is -2.30. The van der Waals surface area contributed by atoms with Crippen LogP contribution in [0, 0.1) is 0 Å². The number of hydrazone groups is 1. The van der Waals surface area contributed by atoms with Crippen LogP contribution in [0.3, 0.4) is 0 Å². The van der Waals surface area contributed by atoms with Crippen molar-refractivity contribution in [3.63, 3.8) is 0 Å². The molecule has 1 aromatic carbocycles. The maximum atomic E-state index is 12.3. The molecule has 0 spiro atoms. The zero-order valence-electron chi connectivity index (χ0n) is 8.28. The second-order valence-electron chi connectivity index (χ2n) is 3.36. The highest BCUT2D eigenvalue weighted by molar-refractivity contribution is 5.84. The lowest BCUT2D eigenvalue weighted by atomic mass is 10.1. The molecule has 1 aliphatic heterocycles. The van der Waals surface area contributed by atoms with Gasteiger partial charge in [-0.05, 0) is 17.7 Å². The summed E-state index contributed by atoms with van der Waals surface area (Å²) in [5, 5.41) is 4.71. The van der Waals surface area contributed by atoms with Crippen molar-refractivity contribution in [2.24, 2.45) is 5.10 Å². The second kappa shape index (κ2) is 4.00. The third-order valence-electron chi connectivity index (χ3n) is 2.11. The SMILES string of the molecule is FC(F)(F)CN1N=CC=Cc2ccccc21. The van der Waals surface area contributed by atoms with Crippen LogP contribution in [0.25, 0.3) is 6.08 Å². The number of hydrogen-bond acceptors (Lipinski definition) is 2. The van der Waals surface area contributed by atoms with E-state index in [1.807, 2.05) is 0 Å². The van der Waals surface area contributed by atoms with Gasteiger partial charge in [0.2, 0.25) is 0 Å². The van der Waals surface area contributed by atoms with Crippen LogP contribution in [0.1, 0.15) is 5.56 Å². The molecule has 2 rings (SSSR count). The number of rotatable bonds is 1. The van der Waals surface area contributed by atoms with Crippen molar-refractivity contribution in [1.82, 2.24) is 0 Å². The van der Waals surface area contributed by atoms with Gasteiger partial charge >= 0.3 is 6.18 Å². The molecule has 1 aromatic rings. The van der Waals surface area contributed by atoms with Gasteiger partial charge in [0, 0.05) is 6.21 Å². The van der Waals surface area contributed by atoms with Gasteiger partial charge in [0.05, 0.1) is 5.69 Å². The maximum Gasteiger partial charge on any atom is 0.408 e. The van der Waals surface area contributed by atoms with Crippen LogP contribution in [0.15, 0.2) is 35.4 Å². The first-order valence-corrected chi connectivity index (χ1v) is 4.70. The Labute approximate surface area is 90.7 Å². The summed E-state index contributed by atoms with van der Waals surface area (Å²) >= 11 is 0. The molecule has 0 radical (unpaired) electrons. The molecular formula is C11H9F3N2. The highest BCUT2D eigenvalue weighted by atomic mass is 19.4. The van der Waals surface area contributed by atoms with Gasteiger partial charge in [-0.2, -0.15) is 18.3 Å². The molecule has 0 amide bonds. The molecule has 0 aromatic heterocycles. The van der Waals surface area contributed by atoms with Crippen LogP contribution >= 0.6 is 0 Å². The van der Waals surface area contributed by atoms with E-state index in [1.165, 1.54) is 6.21 Å². The largest absolute Gasteiger partial charge is 0.408 e. The Bertz CT molecular complexity index is 435. The molecule has 0 saturated carbocycles. The number of hydrogen-bond donors (Lipinski definition) is 0. The number of alkyl halides is 3. The van der Waals surface area contributed by atoms with Gasteiger partial charge in [0.1, 0.15) is 6.54 Å². The molecule has 1 heterocycles. The van der Waals surface area contributed by atoms with Crippen molar-refractivity contribution in [2.75, 3.05) is 11.6 Å². The standard InChI is InChI=1S/C11H9F3N2/c12-11(13,14)8-16-10-6-2-1-4-9(10)5-3-7-15-16/h1-7H,8H2. The average molecular weight is 226 g/mol. The monoisotopic (exact) mass is 226 g/mol. The zero-order valence-corrected chi connectivity index (χ0v) is 8.28. The molecule has 0 bridgehead atoms. The van der Waals surface area contributed by atoms with E-state index in [-0.39, 0.29) is 0 Å². The van der Waals surface area contributed by atoms with Crippen molar-refractivity contribution in [2.45, 2.75) is 6.18 Å². The van der Waals surface area contributed by atoms with E-state index in [4.69, 9.17) is 0 Å². The highest BCUT2D eigenvalue weighted by Gasteiger charge is 2.31. The Kier molecular flexibility index (Phi) is 2.68. The third-order valence-corrected chi connectivity index (χ3v) is 2.11. The molecule has 0 N–H and O–H groups in total. The van der Waals surface area contributed by atoms with Crippen molar-refractivity contribution < 1.29 is 13.2 Å². The zero-order chi connectivity index (χ0) is 11.6. The van der Waals surface area contributed by atoms with Crippen LogP contribution < -0.4 is 5.01 Å². The first-order valence-electron chi connectivity index (χ1n) is 4.70. The van der Waals surface area contributed by atoms with Crippen molar-refractivity contribution in [3.8, 4) is 0 Å². The van der Waals surface area contributed by atoms with Crippen LogP contribution in [0.4, 0.5) is 18.9 Å². The number of fused-ring (bicyclic) bond motifs is 1. The molecule has 0 saturated heterocycles. The van der Waals surface area contributed by atoms with Gasteiger partial charge in [0.15, 0.2) is 0 Å². The number of para-hydroxylation sites is 1. The first kappa shape index (κ1) is 10.7. The molecule has 84 valence electrons. The third kappa shape index (κ3) is 2.42. The second-order valence-corrected chi connectivity index (χ2v) is 3.36. The minimum absolute atomic E-state index is 0.463. The molecule has 0 atom stereocenters. The number of anilines is 1. The molecule has 1 aliphatic rings. The summed E-state index contributed by atoms with van der Waals surface area (Å²) in [6, 6.07) is 6.84. The van der Waals surface area contributed by atoms with Crippen LogP contribution in [0.5, 0.6) is 0 Å². The number of nitrogens with zero attached hydrogens (tertiary/aromatic N) is 2. The minimum Gasteiger partial charge on any atom is -0.256 e. The van der Waals surface area contributed by atoms with E-state index in [1.54, 1.807) is 36.4 Å². The number of benzene rings is 1. The summed E-state index contributed by atoms with van der Waals surface area (Å²) in [4.78, 5) is 0. The van der Waals surface area contributed by atoms with E-state index in [0.29, 0.717) is 5.69 Å². The lowest BCUT2D eigenvalue weighted by molar-refractivity contribution is -0.119. The Morgan fingerprint density at radius 3 is 2.69 bits per heavy atom. The molecule has 2 nitrogen and oxygen atoms in total. The Morgan fingerprint density at radius 1 is 1.19 bits per heavy atom. The molecule has 16 heavy (non-hydrogen) atoms. The topological polar surface area (TPSA) is 15.6 Å². The summed E-state index contributed by atoms with van der Waals surface area (Å²) in [7, 11) is 0. The van der Waals surface area contributed by atoms with Crippen molar-refractivity contribution in [3.05, 3.63) is 35.9 Å². The molecule has 0 aliphatic carbocycles. The maximum absolute atomic E-state index is 12.3. The van der Waals surface area contributed by atoms with Crippen molar-refractivity contribution in [1.29, 1.82) is 0 Å². The van der Waals surface area contributed by atoms with Crippen LogP contribution in [-0.4, -0.2) is 18.9 Å². The number of halogens is 3. The van der Waals surface area contributed by atoms with Gasteiger partial charge < -0.3 is 0 Å². The van der Waals surface area contributed by atoms with Crippen LogP contribution in [0.2, 0.25) is 0 Å². The van der Waals surface area contributed by atoms with Gasteiger partial charge in [-0.15, -0.1) is 0 Å². The van der Waals surface area contributed by atoms with E-state index in [9.17, 15) is 13.2 Å². The Balaban J connectivity index is 2.35. The fourth-order valence-electron chi connectivity index (χ4n) is 1.49. The van der Waals surface area contributed by atoms with Gasteiger partial charge in [0.25, 0.3) is 0 Å². The van der Waals surface area contributed by atoms with Gasteiger partial charge in [-0.25, -0.2) is 0 Å². The van der Waals surface area contributed by atoms with E-state index in [0.717, 1.165) is 10.6 Å². The molecule has 0 unspecified atom stereocenters. The summed E-state index contributed by atoms with van der Waals surface area (Å²) in [6.45, 7) is -1.08. The van der Waals surface area contributed by atoms with Crippen molar-refractivity contribution >= 4 is 18.0 Å². The molecule has 5 heteroatoms. The molecule has 0 fully saturated rings. The van der Waals surface area contributed by atoms with E-state index < -0.39 is 12.7 Å². The fraction of sp³-hybridized carbons (Fsp3) is 0.182. The molecular weight excluding hydrogens is 217 g/mol. The van der Waals surface area contributed by atoms with Crippen LogP contribution in [-0.2, 0) is 0 Å². The fourth-order valence-corrected chi connectivity index (χ4v) is 1.49. The van der Waals surface area contributed by atoms with Gasteiger partial charge in [-0.3, -0.25) is 5.01 Å². The van der Waals surface area contributed by atoms with E-state index in [2.05, 4.69) is 5.10 Å². The first-order chi connectivity index (χ1) is 7.56. The predicted molar refractivity (Wildman–Crippen MR) is 57.4 cm³/mol. The van der Waals surface area contributed by atoms with Gasteiger partial charge in [-0.1, -0.05) is 24.3 Å². The Morgan fingerprint density at radius 2 is 1.94 bits per heavy atom. The summed E-state index contributed by atoms with van der Waals surface area (Å²) < 4.78 is 37.0. The quantitative estimate of drug-likeness (QED) is 0.718. The highest BCUT2D eigenvalue weighted by Crippen LogP contribution is 2.27. The summed E-state index contributed by atoms with van der Waals surface area (Å²) in [5.74, 6) is 0. The number of allylic oxidation sites excluding steroid dienone is 1. The van der Waals surface area contributed by atoms with E-state index >= 15 is 0 Å². The normalized spacial score (nSPS) is 14.8. The lowest BCUT2D eigenvalue weighted by Gasteiger charge is -2.21. The minimum atomic E-state index is -4.27. The summed E-state index contributed by atoms with van der Waals surface area (Å²) in [6.07, 6.45) is 0.435. The Hall–Kier alpha value is -1.78. The average Bonchev–Trinajstić information content (AvgIpc) is 2.39. The smallest absolute Gasteiger partial charge is 0.256 e. The predicted octanol–water partition coefficient (Wildman–Crippen LogP) is 3.07. The summed E-state index contributed by atoms with van der Waals surface area (Å²) in [5.41, 5.74) is 1.19.